The summed E-state index contributed by atoms with van der Waals surface area (Å²) in [6.07, 6.45) is 0. The highest BCUT2D eigenvalue weighted by atomic mass is 79.9. The van der Waals surface area contributed by atoms with Gasteiger partial charge in [-0.3, -0.25) is 0 Å². The normalized spacial score (nSPS) is 10.5. The van der Waals surface area contributed by atoms with Crippen molar-refractivity contribution in [2.24, 2.45) is 0 Å². The molecule has 0 bridgehead atoms. The van der Waals surface area contributed by atoms with E-state index in [9.17, 15) is 0 Å². The summed E-state index contributed by atoms with van der Waals surface area (Å²) in [6, 6.07) is 8.19. The molecule has 0 aliphatic rings. The number of rotatable bonds is 4. The van der Waals surface area contributed by atoms with Crippen molar-refractivity contribution in [3.05, 3.63) is 34.1 Å². The first-order chi connectivity index (χ1) is 8.26. The van der Waals surface area contributed by atoms with E-state index in [1.807, 2.05) is 18.2 Å². The van der Waals surface area contributed by atoms with Gasteiger partial charge in [0.05, 0.1) is 5.69 Å². The first-order valence-corrected chi connectivity index (χ1v) is 7.38. The maximum Gasteiger partial charge on any atom is 0.185 e. The van der Waals surface area contributed by atoms with Crippen molar-refractivity contribution in [1.82, 2.24) is 4.98 Å². The molecule has 0 radical (unpaired) electrons. The largest absolute Gasteiger partial charge is 0.349 e. The standard InChI is InChI=1S/C13H15BrN2S/c1-3-16(4-2)13-15-12(9-17-13)10-7-5-6-8-11(10)14/h5-9H,3-4H2,1-2H3. The molecule has 0 spiro atoms. The van der Waals surface area contributed by atoms with Crippen LogP contribution in [-0.4, -0.2) is 18.1 Å². The van der Waals surface area contributed by atoms with Gasteiger partial charge in [0, 0.05) is 28.5 Å². The third kappa shape index (κ3) is 2.69. The van der Waals surface area contributed by atoms with E-state index in [-0.39, 0.29) is 0 Å². The van der Waals surface area contributed by atoms with E-state index in [0.717, 1.165) is 34.0 Å². The van der Waals surface area contributed by atoms with Crippen LogP contribution in [0.3, 0.4) is 0 Å². The summed E-state index contributed by atoms with van der Waals surface area (Å²) in [7, 11) is 0. The van der Waals surface area contributed by atoms with Crippen molar-refractivity contribution in [1.29, 1.82) is 0 Å². The van der Waals surface area contributed by atoms with Gasteiger partial charge in [-0.2, -0.15) is 0 Å². The lowest BCUT2D eigenvalue weighted by atomic mass is 10.2. The molecule has 2 rings (SSSR count). The van der Waals surface area contributed by atoms with Gasteiger partial charge in [0.25, 0.3) is 0 Å². The van der Waals surface area contributed by atoms with Crippen LogP contribution in [0, 0.1) is 0 Å². The number of halogens is 1. The summed E-state index contributed by atoms with van der Waals surface area (Å²) in [4.78, 5) is 6.97. The van der Waals surface area contributed by atoms with Crippen LogP contribution in [0.25, 0.3) is 11.3 Å². The molecule has 17 heavy (non-hydrogen) atoms. The van der Waals surface area contributed by atoms with Gasteiger partial charge in [-0.25, -0.2) is 4.98 Å². The Kier molecular flexibility index (Phi) is 4.18. The van der Waals surface area contributed by atoms with Gasteiger partial charge in [0.15, 0.2) is 5.13 Å². The number of benzene rings is 1. The molecule has 0 aliphatic carbocycles. The van der Waals surface area contributed by atoms with Crippen molar-refractivity contribution in [2.45, 2.75) is 13.8 Å². The van der Waals surface area contributed by atoms with Crippen molar-refractivity contribution in [3.63, 3.8) is 0 Å². The SMILES string of the molecule is CCN(CC)c1nc(-c2ccccc2Br)cs1. The van der Waals surface area contributed by atoms with E-state index in [1.54, 1.807) is 11.3 Å². The molecule has 2 aromatic rings. The fourth-order valence-electron chi connectivity index (χ4n) is 1.70. The predicted octanol–water partition coefficient (Wildman–Crippen LogP) is 4.42. The second-order valence-corrected chi connectivity index (χ2v) is 5.36. The lowest BCUT2D eigenvalue weighted by Crippen LogP contribution is -2.21. The molecule has 0 fully saturated rings. The van der Waals surface area contributed by atoms with Crippen LogP contribution in [0.4, 0.5) is 5.13 Å². The highest BCUT2D eigenvalue weighted by Gasteiger charge is 2.10. The Hall–Kier alpha value is -0.870. The number of nitrogens with zero attached hydrogens (tertiary/aromatic N) is 2. The van der Waals surface area contributed by atoms with Gasteiger partial charge in [0.2, 0.25) is 0 Å². The molecule has 0 saturated carbocycles. The number of hydrogen-bond donors (Lipinski definition) is 0. The van der Waals surface area contributed by atoms with Gasteiger partial charge in [-0.1, -0.05) is 34.1 Å². The second-order valence-electron chi connectivity index (χ2n) is 3.67. The van der Waals surface area contributed by atoms with Crippen molar-refractivity contribution in [2.75, 3.05) is 18.0 Å². The molecule has 0 atom stereocenters. The van der Waals surface area contributed by atoms with E-state index in [2.05, 4.69) is 46.1 Å². The van der Waals surface area contributed by atoms with Gasteiger partial charge < -0.3 is 4.90 Å². The molecule has 2 nitrogen and oxygen atoms in total. The topological polar surface area (TPSA) is 16.1 Å². The Labute approximate surface area is 114 Å². The molecule has 1 heterocycles. The van der Waals surface area contributed by atoms with E-state index in [1.165, 1.54) is 0 Å². The molecule has 0 amide bonds. The maximum absolute atomic E-state index is 4.70. The predicted molar refractivity (Wildman–Crippen MR) is 78.8 cm³/mol. The minimum absolute atomic E-state index is 0.999. The van der Waals surface area contributed by atoms with Crippen LogP contribution in [0.5, 0.6) is 0 Å². The van der Waals surface area contributed by atoms with Crippen LogP contribution >= 0.6 is 27.3 Å². The van der Waals surface area contributed by atoms with Gasteiger partial charge in [0.1, 0.15) is 0 Å². The molecule has 1 aromatic heterocycles. The Morgan fingerprint density at radius 3 is 2.59 bits per heavy atom. The molecular weight excluding hydrogens is 296 g/mol. The Morgan fingerprint density at radius 1 is 1.24 bits per heavy atom. The average Bonchev–Trinajstić information content (AvgIpc) is 2.81. The zero-order valence-corrected chi connectivity index (χ0v) is 12.4. The lowest BCUT2D eigenvalue weighted by Gasteiger charge is -2.16. The number of hydrogen-bond acceptors (Lipinski definition) is 3. The number of anilines is 1. The quantitative estimate of drug-likeness (QED) is 0.831. The summed E-state index contributed by atoms with van der Waals surface area (Å²) in [6.45, 7) is 6.31. The smallest absolute Gasteiger partial charge is 0.185 e. The summed E-state index contributed by atoms with van der Waals surface area (Å²) in [5, 5.41) is 3.22. The molecule has 90 valence electrons. The highest BCUT2D eigenvalue weighted by molar-refractivity contribution is 9.10. The number of thiazole rings is 1. The fraction of sp³-hybridized carbons (Fsp3) is 0.308. The molecule has 0 unspecified atom stereocenters. The molecule has 4 heteroatoms. The zero-order chi connectivity index (χ0) is 12.3. The van der Waals surface area contributed by atoms with Gasteiger partial charge in [-0.05, 0) is 19.9 Å². The van der Waals surface area contributed by atoms with Crippen LogP contribution in [0.15, 0.2) is 34.1 Å². The van der Waals surface area contributed by atoms with E-state index in [0.29, 0.717) is 0 Å². The molecule has 0 aliphatic heterocycles. The van der Waals surface area contributed by atoms with Crippen molar-refractivity contribution in [3.8, 4) is 11.3 Å². The first kappa shape index (κ1) is 12.6. The van der Waals surface area contributed by atoms with Crippen LogP contribution in [0.1, 0.15) is 13.8 Å². The highest BCUT2D eigenvalue weighted by Crippen LogP contribution is 2.31. The zero-order valence-electron chi connectivity index (χ0n) is 9.98. The minimum atomic E-state index is 0.999. The van der Waals surface area contributed by atoms with Crippen LogP contribution in [-0.2, 0) is 0 Å². The summed E-state index contributed by atoms with van der Waals surface area (Å²) in [5.74, 6) is 0. The maximum atomic E-state index is 4.70. The third-order valence-corrected chi connectivity index (χ3v) is 4.27. The fourth-order valence-corrected chi connectivity index (χ4v) is 3.14. The van der Waals surface area contributed by atoms with E-state index >= 15 is 0 Å². The first-order valence-electron chi connectivity index (χ1n) is 5.71. The van der Waals surface area contributed by atoms with E-state index in [4.69, 9.17) is 4.98 Å². The monoisotopic (exact) mass is 310 g/mol. The Bertz CT molecular complexity index is 492. The summed E-state index contributed by atoms with van der Waals surface area (Å²) in [5.41, 5.74) is 2.20. The molecular formula is C13H15BrN2S. The van der Waals surface area contributed by atoms with Crippen molar-refractivity contribution < 1.29 is 0 Å². The van der Waals surface area contributed by atoms with Gasteiger partial charge >= 0.3 is 0 Å². The third-order valence-electron chi connectivity index (χ3n) is 2.68. The van der Waals surface area contributed by atoms with Crippen LogP contribution < -0.4 is 4.90 Å². The molecule has 0 saturated heterocycles. The summed E-state index contributed by atoms with van der Waals surface area (Å²) < 4.78 is 1.09. The molecule has 0 N–H and O–H groups in total. The molecule has 1 aromatic carbocycles. The minimum Gasteiger partial charge on any atom is -0.349 e. The summed E-state index contributed by atoms with van der Waals surface area (Å²) >= 11 is 5.27. The second kappa shape index (κ2) is 5.65. The Balaban J connectivity index is 2.33. The van der Waals surface area contributed by atoms with E-state index < -0.39 is 0 Å². The average molecular weight is 311 g/mol. The number of aromatic nitrogens is 1. The lowest BCUT2D eigenvalue weighted by molar-refractivity contribution is 0.860. The van der Waals surface area contributed by atoms with Gasteiger partial charge in [-0.15, -0.1) is 11.3 Å². The van der Waals surface area contributed by atoms with Crippen molar-refractivity contribution >= 4 is 32.4 Å². The van der Waals surface area contributed by atoms with Crippen LogP contribution in [0.2, 0.25) is 0 Å². The Morgan fingerprint density at radius 2 is 1.94 bits per heavy atom.